The van der Waals surface area contributed by atoms with Crippen LogP contribution in [0.4, 0.5) is 0 Å². The summed E-state index contributed by atoms with van der Waals surface area (Å²) in [5.74, 6) is -1.40. The van der Waals surface area contributed by atoms with Crippen molar-refractivity contribution in [1.29, 1.82) is 0 Å². The number of carbonyl (C=O) groups is 2. The Balaban J connectivity index is 4.76. The number of Topliss-reactive ketones (excluding diaryl/α,β-unsaturated/α-hetero) is 2. The van der Waals surface area contributed by atoms with Crippen LogP contribution >= 0.6 is 7.82 Å². The largest absolute Gasteiger partial charge is 0.470 e. The zero-order valence-corrected chi connectivity index (χ0v) is 18.0. The molecule has 0 aliphatic heterocycles. The second-order valence-electron chi connectivity index (χ2n) is 7.21. The normalized spacial score (nSPS) is 15.2. The van der Waals surface area contributed by atoms with E-state index in [0.29, 0.717) is 12.8 Å². The lowest BCUT2D eigenvalue weighted by molar-refractivity contribution is -0.146. The molecule has 0 aromatic rings. The van der Waals surface area contributed by atoms with Gasteiger partial charge in [-0.3, -0.25) is 14.1 Å². The SMILES string of the molecule is CCCCCCCC(=O)C(O)C(O)C(OP(=O)(O)O)C(=O)CCCCCCC. The van der Waals surface area contributed by atoms with E-state index in [4.69, 9.17) is 9.79 Å². The number of unbranched alkanes of at least 4 members (excludes halogenated alkanes) is 8. The summed E-state index contributed by atoms with van der Waals surface area (Å²) in [6.45, 7) is 4.11. The lowest BCUT2D eigenvalue weighted by atomic mass is 9.95. The molecular formula is C19H37O8P. The summed E-state index contributed by atoms with van der Waals surface area (Å²) < 4.78 is 15.6. The standard InChI is InChI=1S/C19H37O8P/c1-3-5-7-9-11-13-15(20)17(22)18(23)19(27-28(24,25)26)16(21)14-12-10-8-6-4-2/h17-19,22-23H,3-14H2,1-2H3,(H2,24,25,26). The average molecular weight is 424 g/mol. The van der Waals surface area contributed by atoms with Crippen molar-refractivity contribution in [3.05, 3.63) is 0 Å². The fourth-order valence-corrected chi connectivity index (χ4v) is 3.45. The van der Waals surface area contributed by atoms with Gasteiger partial charge < -0.3 is 20.0 Å². The molecule has 0 fully saturated rings. The third-order valence-electron chi connectivity index (χ3n) is 4.59. The molecule has 9 heteroatoms. The molecule has 0 aromatic carbocycles. The van der Waals surface area contributed by atoms with E-state index >= 15 is 0 Å². The van der Waals surface area contributed by atoms with Crippen molar-refractivity contribution in [2.24, 2.45) is 0 Å². The first kappa shape index (κ1) is 27.4. The highest BCUT2D eigenvalue weighted by molar-refractivity contribution is 7.46. The minimum absolute atomic E-state index is 0.0236. The Morgan fingerprint density at radius 1 is 0.786 bits per heavy atom. The Morgan fingerprint density at radius 3 is 1.64 bits per heavy atom. The van der Waals surface area contributed by atoms with Gasteiger partial charge in [0, 0.05) is 12.8 Å². The third-order valence-corrected chi connectivity index (χ3v) is 5.09. The molecule has 0 aromatic heterocycles. The van der Waals surface area contributed by atoms with Gasteiger partial charge in [-0.25, -0.2) is 4.57 Å². The van der Waals surface area contributed by atoms with Crippen molar-refractivity contribution in [3.8, 4) is 0 Å². The Morgan fingerprint density at radius 2 is 1.21 bits per heavy atom. The minimum atomic E-state index is -5.09. The smallest absolute Gasteiger partial charge is 0.387 e. The number of ketones is 2. The van der Waals surface area contributed by atoms with Crippen molar-refractivity contribution in [3.63, 3.8) is 0 Å². The quantitative estimate of drug-likeness (QED) is 0.194. The van der Waals surface area contributed by atoms with Crippen LogP contribution in [0.15, 0.2) is 0 Å². The van der Waals surface area contributed by atoms with Crippen molar-refractivity contribution in [2.45, 2.75) is 109 Å². The van der Waals surface area contributed by atoms with Crippen LogP contribution in [0.25, 0.3) is 0 Å². The Labute approximate surface area is 167 Å². The van der Waals surface area contributed by atoms with Gasteiger partial charge in [0.2, 0.25) is 0 Å². The molecule has 3 atom stereocenters. The van der Waals surface area contributed by atoms with Gasteiger partial charge in [-0.2, -0.15) is 0 Å². The number of phosphoric acid groups is 1. The van der Waals surface area contributed by atoms with Crippen LogP contribution in [0.2, 0.25) is 0 Å². The molecule has 0 spiro atoms. The van der Waals surface area contributed by atoms with Crippen LogP contribution in [0.3, 0.4) is 0 Å². The minimum Gasteiger partial charge on any atom is -0.387 e. The zero-order chi connectivity index (χ0) is 21.6. The van der Waals surface area contributed by atoms with Gasteiger partial charge in [-0.15, -0.1) is 0 Å². The lowest BCUT2D eigenvalue weighted by Gasteiger charge is -2.25. The highest BCUT2D eigenvalue weighted by atomic mass is 31.2. The highest BCUT2D eigenvalue weighted by Crippen LogP contribution is 2.39. The van der Waals surface area contributed by atoms with Crippen molar-refractivity contribution in [1.82, 2.24) is 0 Å². The summed E-state index contributed by atoms with van der Waals surface area (Å²) in [7, 11) is -5.09. The topological polar surface area (TPSA) is 141 Å². The Hall–Kier alpha value is -0.630. The average Bonchev–Trinajstić information content (AvgIpc) is 2.63. The predicted molar refractivity (Wildman–Crippen MR) is 106 cm³/mol. The molecule has 0 rings (SSSR count). The first-order chi connectivity index (χ1) is 13.1. The van der Waals surface area contributed by atoms with Crippen LogP contribution in [0.5, 0.6) is 0 Å². The Bertz CT molecular complexity index is 490. The predicted octanol–water partition coefficient (Wildman–Crippen LogP) is 3.05. The molecule has 0 bridgehead atoms. The molecule has 0 amide bonds. The van der Waals surface area contributed by atoms with Crippen LogP contribution in [0.1, 0.15) is 90.9 Å². The molecule has 28 heavy (non-hydrogen) atoms. The number of hydrogen-bond donors (Lipinski definition) is 4. The molecule has 0 radical (unpaired) electrons. The van der Waals surface area contributed by atoms with E-state index in [1.54, 1.807) is 0 Å². The second kappa shape index (κ2) is 15.2. The summed E-state index contributed by atoms with van der Waals surface area (Å²) in [5.41, 5.74) is 0. The van der Waals surface area contributed by atoms with Crippen LogP contribution in [0, 0.1) is 0 Å². The molecule has 0 heterocycles. The van der Waals surface area contributed by atoms with Gasteiger partial charge in [0.15, 0.2) is 17.7 Å². The van der Waals surface area contributed by atoms with Crippen molar-refractivity contribution >= 4 is 19.4 Å². The monoisotopic (exact) mass is 424 g/mol. The molecule has 8 nitrogen and oxygen atoms in total. The van der Waals surface area contributed by atoms with E-state index < -0.39 is 37.7 Å². The maximum absolute atomic E-state index is 12.3. The zero-order valence-electron chi connectivity index (χ0n) is 17.1. The van der Waals surface area contributed by atoms with Crippen molar-refractivity contribution < 1.29 is 38.7 Å². The lowest BCUT2D eigenvalue weighted by Crippen LogP contribution is -2.47. The van der Waals surface area contributed by atoms with Gasteiger partial charge in [0.25, 0.3) is 0 Å². The fraction of sp³-hybridized carbons (Fsp3) is 0.895. The maximum atomic E-state index is 12.3. The molecule has 166 valence electrons. The summed E-state index contributed by atoms with van der Waals surface area (Å²) in [5, 5.41) is 20.3. The number of aliphatic hydroxyl groups excluding tert-OH is 2. The molecular weight excluding hydrogens is 387 g/mol. The van der Waals surface area contributed by atoms with Gasteiger partial charge in [0.1, 0.15) is 12.2 Å². The summed E-state index contributed by atoms with van der Waals surface area (Å²) in [6, 6.07) is 0. The van der Waals surface area contributed by atoms with Gasteiger partial charge >= 0.3 is 7.82 Å². The van der Waals surface area contributed by atoms with Gasteiger partial charge in [-0.1, -0.05) is 65.2 Å². The van der Waals surface area contributed by atoms with E-state index in [1.807, 2.05) is 6.92 Å². The fourth-order valence-electron chi connectivity index (χ4n) is 2.91. The molecule has 0 saturated carbocycles. The van der Waals surface area contributed by atoms with Crippen LogP contribution < -0.4 is 0 Å². The number of carbonyl (C=O) groups excluding carboxylic acids is 2. The van der Waals surface area contributed by atoms with Crippen molar-refractivity contribution in [2.75, 3.05) is 0 Å². The Kier molecular flexibility index (Phi) is 14.9. The van der Waals surface area contributed by atoms with Crippen LogP contribution in [-0.2, 0) is 18.7 Å². The molecule has 0 aliphatic rings. The first-order valence-electron chi connectivity index (χ1n) is 10.3. The third kappa shape index (κ3) is 12.8. The summed E-state index contributed by atoms with van der Waals surface area (Å²) >= 11 is 0. The van der Waals surface area contributed by atoms with E-state index in [1.165, 1.54) is 0 Å². The number of hydrogen-bond acceptors (Lipinski definition) is 6. The van der Waals surface area contributed by atoms with E-state index in [2.05, 4.69) is 11.4 Å². The number of phosphoric ester groups is 1. The number of rotatable bonds is 18. The van der Waals surface area contributed by atoms with E-state index in [9.17, 15) is 24.4 Å². The van der Waals surface area contributed by atoms with E-state index in [-0.39, 0.29) is 12.8 Å². The van der Waals surface area contributed by atoms with Gasteiger partial charge in [0.05, 0.1) is 0 Å². The highest BCUT2D eigenvalue weighted by Gasteiger charge is 2.39. The summed E-state index contributed by atoms with van der Waals surface area (Å²) in [4.78, 5) is 42.4. The van der Waals surface area contributed by atoms with Gasteiger partial charge in [-0.05, 0) is 12.8 Å². The maximum Gasteiger partial charge on any atom is 0.470 e. The number of aliphatic hydroxyl groups is 2. The second-order valence-corrected chi connectivity index (χ2v) is 8.41. The molecule has 0 aliphatic carbocycles. The molecule has 0 saturated heterocycles. The molecule has 3 unspecified atom stereocenters. The van der Waals surface area contributed by atoms with Crippen LogP contribution in [-0.4, -0.2) is 49.9 Å². The van der Waals surface area contributed by atoms with E-state index in [0.717, 1.165) is 51.4 Å². The summed E-state index contributed by atoms with van der Waals surface area (Å²) in [6.07, 6.45) is 2.72. The first-order valence-corrected chi connectivity index (χ1v) is 11.8. The molecule has 4 N–H and O–H groups in total.